The van der Waals surface area contributed by atoms with Crippen LogP contribution in [-0.4, -0.2) is 38.5 Å². The van der Waals surface area contributed by atoms with Gasteiger partial charge in [0.25, 0.3) is 0 Å². The van der Waals surface area contributed by atoms with E-state index in [0.717, 1.165) is 0 Å². The molecule has 0 saturated carbocycles. The SMILES string of the molecule is Cc1noc(C)c1S(=O)(=O)NCCC(=O)OCC(=O)c1ccc(Cl)cc1. The van der Waals surface area contributed by atoms with E-state index in [0.29, 0.717) is 10.6 Å². The lowest BCUT2D eigenvalue weighted by atomic mass is 10.1. The molecule has 1 N–H and O–H groups in total. The summed E-state index contributed by atoms with van der Waals surface area (Å²) in [5, 5.41) is 4.07. The summed E-state index contributed by atoms with van der Waals surface area (Å²) in [6.45, 7) is 2.37. The van der Waals surface area contributed by atoms with E-state index in [1.54, 1.807) is 12.1 Å². The molecule has 1 aromatic carbocycles. The van der Waals surface area contributed by atoms with Crippen molar-refractivity contribution >= 4 is 33.4 Å². The number of ether oxygens (including phenoxy) is 1. The Morgan fingerprint density at radius 3 is 2.46 bits per heavy atom. The van der Waals surface area contributed by atoms with Gasteiger partial charge in [0.1, 0.15) is 10.6 Å². The van der Waals surface area contributed by atoms with Crippen molar-refractivity contribution in [3.63, 3.8) is 0 Å². The zero-order valence-electron chi connectivity index (χ0n) is 14.1. The third kappa shape index (κ3) is 5.13. The molecule has 0 radical (unpaired) electrons. The molecule has 0 saturated heterocycles. The van der Waals surface area contributed by atoms with Crippen molar-refractivity contribution in [2.75, 3.05) is 13.2 Å². The van der Waals surface area contributed by atoms with Gasteiger partial charge in [0.05, 0.1) is 6.42 Å². The van der Waals surface area contributed by atoms with E-state index in [1.807, 2.05) is 0 Å². The molecule has 0 bridgehead atoms. The second-order valence-electron chi connectivity index (χ2n) is 5.39. The second kappa shape index (κ2) is 8.43. The number of nitrogens with zero attached hydrogens (tertiary/aromatic N) is 1. The lowest BCUT2D eigenvalue weighted by Gasteiger charge is -2.07. The summed E-state index contributed by atoms with van der Waals surface area (Å²) in [4.78, 5) is 23.5. The van der Waals surface area contributed by atoms with E-state index in [4.69, 9.17) is 20.9 Å². The molecular formula is C16H17ClN2O6S. The average molecular weight is 401 g/mol. The Balaban J connectivity index is 1.80. The number of esters is 1. The van der Waals surface area contributed by atoms with Crippen LogP contribution in [0.25, 0.3) is 0 Å². The Morgan fingerprint density at radius 2 is 1.88 bits per heavy atom. The average Bonchev–Trinajstić information content (AvgIpc) is 2.92. The van der Waals surface area contributed by atoms with E-state index < -0.39 is 22.6 Å². The minimum atomic E-state index is -3.85. The maximum absolute atomic E-state index is 12.2. The van der Waals surface area contributed by atoms with Crippen molar-refractivity contribution in [2.45, 2.75) is 25.2 Å². The zero-order chi connectivity index (χ0) is 19.3. The molecule has 0 unspecified atom stereocenters. The lowest BCUT2D eigenvalue weighted by molar-refractivity contribution is -0.142. The van der Waals surface area contributed by atoms with E-state index >= 15 is 0 Å². The molecule has 0 aliphatic carbocycles. The van der Waals surface area contributed by atoms with Crippen LogP contribution in [-0.2, 0) is 19.6 Å². The molecule has 0 atom stereocenters. The molecule has 0 fully saturated rings. The van der Waals surface area contributed by atoms with Gasteiger partial charge >= 0.3 is 5.97 Å². The number of benzene rings is 1. The highest BCUT2D eigenvalue weighted by molar-refractivity contribution is 7.89. The molecule has 0 amide bonds. The van der Waals surface area contributed by atoms with Crippen molar-refractivity contribution in [3.8, 4) is 0 Å². The maximum atomic E-state index is 12.2. The molecule has 2 aromatic rings. The topological polar surface area (TPSA) is 116 Å². The number of sulfonamides is 1. The Kier molecular flexibility index (Phi) is 6.52. The quantitative estimate of drug-likeness (QED) is 0.532. The molecule has 10 heteroatoms. The number of halogens is 1. The van der Waals surface area contributed by atoms with Crippen LogP contribution in [0.15, 0.2) is 33.7 Å². The Hall–Kier alpha value is -2.23. The third-order valence-electron chi connectivity index (χ3n) is 3.39. The summed E-state index contributed by atoms with van der Waals surface area (Å²) >= 11 is 5.73. The number of aromatic nitrogens is 1. The molecular weight excluding hydrogens is 384 g/mol. The fraction of sp³-hybridized carbons (Fsp3) is 0.312. The van der Waals surface area contributed by atoms with Gasteiger partial charge in [-0.2, -0.15) is 0 Å². The van der Waals surface area contributed by atoms with Gasteiger partial charge in [-0.05, 0) is 38.1 Å². The van der Waals surface area contributed by atoms with E-state index in [2.05, 4.69) is 9.88 Å². The lowest BCUT2D eigenvalue weighted by Crippen LogP contribution is -2.28. The minimum absolute atomic E-state index is 0.0521. The van der Waals surface area contributed by atoms with Gasteiger partial charge in [-0.1, -0.05) is 16.8 Å². The summed E-state index contributed by atoms with van der Waals surface area (Å²) in [7, 11) is -3.85. The fourth-order valence-electron chi connectivity index (χ4n) is 2.16. The molecule has 140 valence electrons. The highest BCUT2D eigenvalue weighted by Crippen LogP contribution is 2.18. The standard InChI is InChI=1S/C16H17ClN2O6S/c1-10-16(11(2)25-19-10)26(22,23)18-8-7-15(21)24-9-14(20)12-3-5-13(17)6-4-12/h3-6,18H,7-9H2,1-2H3. The van der Waals surface area contributed by atoms with Crippen LogP contribution >= 0.6 is 11.6 Å². The van der Waals surface area contributed by atoms with Gasteiger partial charge in [0.2, 0.25) is 10.0 Å². The summed E-state index contributed by atoms with van der Waals surface area (Å²) in [6, 6.07) is 6.16. The van der Waals surface area contributed by atoms with Crippen molar-refractivity contribution < 1.29 is 27.3 Å². The number of hydrogen-bond donors (Lipinski definition) is 1. The van der Waals surface area contributed by atoms with E-state index in [9.17, 15) is 18.0 Å². The van der Waals surface area contributed by atoms with Crippen molar-refractivity contribution in [1.82, 2.24) is 9.88 Å². The second-order valence-corrected chi connectivity index (χ2v) is 7.53. The molecule has 26 heavy (non-hydrogen) atoms. The van der Waals surface area contributed by atoms with Crippen LogP contribution < -0.4 is 4.72 Å². The predicted octanol–water partition coefficient (Wildman–Crippen LogP) is 2.04. The monoisotopic (exact) mass is 400 g/mol. The van der Waals surface area contributed by atoms with Crippen molar-refractivity contribution in [2.24, 2.45) is 0 Å². The van der Waals surface area contributed by atoms with Crippen LogP contribution in [0.3, 0.4) is 0 Å². The number of rotatable bonds is 8. The number of hydrogen-bond acceptors (Lipinski definition) is 7. The molecule has 2 rings (SSSR count). The first-order valence-electron chi connectivity index (χ1n) is 7.57. The highest BCUT2D eigenvalue weighted by atomic mass is 35.5. The summed E-state index contributed by atoms with van der Waals surface area (Å²) in [6.07, 6.45) is -0.226. The van der Waals surface area contributed by atoms with Crippen LogP contribution in [0.1, 0.15) is 28.2 Å². The third-order valence-corrected chi connectivity index (χ3v) is 5.34. The minimum Gasteiger partial charge on any atom is -0.457 e. The highest BCUT2D eigenvalue weighted by Gasteiger charge is 2.24. The first-order chi connectivity index (χ1) is 12.2. The number of carbonyl (C=O) groups is 2. The largest absolute Gasteiger partial charge is 0.457 e. The van der Waals surface area contributed by atoms with Gasteiger partial charge in [-0.25, -0.2) is 13.1 Å². The van der Waals surface area contributed by atoms with Gasteiger partial charge in [0.15, 0.2) is 18.2 Å². The number of nitrogens with one attached hydrogen (secondary N) is 1. The van der Waals surface area contributed by atoms with Crippen LogP contribution in [0.4, 0.5) is 0 Å². The zero-order valence-corrected chi connectivity index (χ0v) is 15.7. The Labute approximate surface area is 155 Å². The van der Waals surface area contributed by atoms with Gasteiger partial charge in [0, 0.05) is 17.1 Å². The van der Waals surface area contributed by atoms with Gasteiger partial charge in [-0.15, -0.1) is 0 Å². The van der Waals surface area contributed by atoms with Crippen LogP contribution in [0.2, 0.25) is 5.02 Å². The van der Waals surface area contributed by atoms with Crippen molar-refractivity contribution in [1.29, 1.82) is 0 Å². The number of Topliss-reactive ketones (excluding diaryl/α,β-unsaturated/α-hetero) is 1. The van der Waals surface area contributed by atoms with E-state index in [1.165, 1.54) is 26.0 Å². The number of ketones is 1. The van der Waals surface area contributed by atoms with E-state index in [-0.39, 0.29) is 35.1 Å². The number of carbonyl (C=O) groups excluding carboxylic acids is 2. The fourth-order valence-corrected chi connectivity index (χ4v) is 3.64. The summed E-state index contributed by atoms with van der Waals surface area (Å²) < 4.78 is 36.3. The molecule has 8 nitrogen and oxygen atoms in total. The summed E-state index contributed by atoms with van der Waals surface area (Å²) in [5.74, 6) is -0.925. The first-order valence-corrected chi connectivity index (χ1v) is 9.44. The molecule has 0 aliphatic heterocycles. The van der Waals surface area contributed by atoms with Gasteiger partial charge < -0.3 is 9.26 Å². The molecule has 1 aromatic heterocycles. The molecule has 0 spiro atoms. The summed E-state index contributed by atoms with van der Waals surface area (Å²) in [5.41, 5.74) is 0.590. The van der Waals surface area contributed by atoms with Crippen molar-refractivity contribution in [3.05, 3.63) is 46.3 Å². The molecule has 1 heterocycles. The van der Waals surface area contributed by atoms with Crippen LogP contribution in [0.5, 0.6) is 0 Å². The van der Waals surface area contributed by atoms with Crippen LogP contribution in [0, 0.1) is 13.8 Å². The number of aryl methyl sites for hydroxylation is 2. The Bertz CT molecular complexity index is 886. The smallest absolute Gasteiger partial charge is 0.307 e. The first kappa shape index (κ1) is 20.1. The maximum Gasteiger partial charge on any atom is 0.307 e. The van der Waals surface area contributed by atoms with Gasteiger partial charge in [-0.3, -0.25) is 9.59 Å². The Morgan fingerprint density at radius 1 is 1.23 bits per heavy atom. The normalized spacial score (nSPS) is 11.3. The molecule has 0 aliphatic rings. The predicted molar refractivity (Wildman–Crippen MR) is 92.5 cm³/mol.